The molecule has 0 bridgehead atoms. The van der Waals surface area contributed by atoms with Crippen molar-refractivity contribution in [2.45, 2.75) is 31.2 Å². The Morgan fingerprint density at radius 2 is 1.50 bits per heavy atom. The highest BCUT2D eigenvalue weighted by atomic mass is 16.3. The van der Waals surface area contributed by atoms with Gasteiger partial charge in [0.15, 0.2) is 0 Å². The van der Waals surface area contributed by atoms with Crippen LogP contribution >= 0.6 is 0 Å². The normalized spacial score (nSPS) is 16.1. The van der Waals surface area contributed by atoms with E-state index >= 15 is 0 Å². The number of hydrogen-bond donors (Lipinski definition) is 2. The van der Waals surface area contributed by atoms with Gasteiger partial charge in [0.1, 0.15) is 11.2 Å². The van der Waals surface area contributed by atoms with Gasteiger partial charge in [0.05, 0.1) is 12.8 Å². The topological polar surface area (TPSA) is 71.5 Å². The van der Waals surface area contributed by atoms with E-state index in [1.807, 2.05) is 48.5 Å². The zero-order valence-corrected chi connectivity index (χ0v) is 21.9. The Balaban J connectivity index is 1.19. The van der Waals surface area contributed by atoms with Crippen molar-refractivity contribution in [2.75, 3.05) is 26.2 Å². The fourth-order valence-corrected chi connectivity index (χ4v) is 5.93. The van der Waals surface area contributed by atoms with Crippen LogP contribution in [0.4, 0.5) is 0 Å². The van der Waals surface area contributed by atoms with Gasteiger partial charge < -0.3 is 20.4 Å². The van der Waals surface area contributed by atoms with Gasteiger partial charge in [0.25, 0.3) is 0 Å². The molecule has 0 spiro atoms. The van der Waals surface area contributed by atoms with E-state index in [0.717, 1.165) is 68.9 Å². The molecule has 1 aliphatic rings. The molecule has 4 aromatic rings. The highest BCUT2D eigenvalue weighted by Crippen LogP contribution is 2.43. The van der Waals surface area contributed by atoms with E-state index in [1.165, 1.54) is 11.1 Å². The first-order valence-corrected chi connectivity index (χ1v) is 13.6. The van der Waals surface area contributed by atoms with Crippen LogP contribution in [0.2, 0.25) is 0 Å². The number of nitrogens with zero attached hydrogens (tertiary/aromatic N) is 1. The van der Waals surface area contributed by atoms with Gasteiger partial charge in [-0.25, -0.2) is 0 Å². The molecule has 5 heteroatoms. The zero-order valence-electron chi connectivity index (χ0n) is 21.9. The molecule has 1 amide bonds. The van der Waals surface area contributed by atoms with Gasteiger partial charge in [-0.05, 0) is 72.7 Å². The largest absolute Gasteiger partial charge is 0.468 e. The lowest BCUT2D eigenvalue weighted by Gasteiger charge is -2.37. The summed E-state index contributed by atoms with van der Waals surface area (Å²) in [5.41, 5.74) is 10.1. The Morgan fingerprint density at radius 1 is 0.868 bits per heavy atom. The average Bonchev–Trinajstić information content (AvgIpc) is 3.65. The third kappa shape index (κ3) is 5.74. The van der Waals surface area contributed by atoms with Gasteiger partial charge in [-0.15, -0.1) is 0 Å². The third-order valence-electron chi connectivity index (χ3n) is 7.94. The van der Waals surface area contributed by atoms with E-state index < -0.39 is 5.41 Å². The van der Waals surface area contributed by atoms with Crippen molar-refractivity contribution in [1.29, 1.82) is 0 Å². The lowest BCUT2D eigenvalue weighted by molar-refractivity contribution is -0.123. The standard InChI is InChI=1S/C33H37N3O2/c34-32(37)33(28-8-3-1-4-9-28,29-10-5-2-6-11-29)30-19-22-36(25-30)21-18-27-15-13-26(14-16-27)17-20-35-24-31-12-7-23-38-31/h1-16,23,30,35H,17-22,24-25H2,(H2,34,37). The minimum atomic E-state index is -0.829. The van der Waals surface area contributed by atoms with Crippen molar-refractivity contribution in [3.63, 3.8) is 0 Å². The van der Waals surface area contributed by atoms with E-state index in [1.54, 1.807) is 6.26 Å². The van der Waals surface area contributed by atoms with Crippen LogP contribution in [-0.2, 0) is 29.6 Å². The molecule has 1 saturated heterocycles. The van der Waals surface area contributed by atoms with Crippen LogP contribution in [0.1, 0.15) is 34.4 Å². The van der Waals surface area contributed by atoms with Crippen molar-refractivity contribution < 1.29 is 9.21 Å². The average molecular weight is 508 g/mol. The predicted octanol–water partition coefficient (Wildman–Crippen LogP) is 4.95. The van der Waals surface area contributed by atoms with Crippen LogP contribution in [-0.4, -0.2) is 37.0 Å². The number of carbonyl (C=O) groups excluding carboxylic acids is 1. The summed E-state index contributed by atoms with van der Waals surface area (Å²) in [5.74, 6) is 0.821. The second-order valence-corrected chi connectivity index (χ2v) is 10.3. The van der Waals surface area contributed by atoms with Gasteiger partial charge in [0, 0.05) is 13.1 Å². The third-order valence-corrected chi connectivity index (χ3v) is 7.94. The molecule has 196 valence electrons. The van der Waals surface area contributed by atoms with E-state index in [-0.39, 0.29) is 11.8 Å². The van der Waals surface area contributed by atoms with Crippen molar-refractivity contribution in [3.05, 3.63) is 131 Å². The minimum Gasteiger partial charge on any atom is -0.468 e. The van der Waals surface area contributed by atoms with E-state index in [4.69, 9.17) is 10.2 Å². The maximum Gasteiger partial charge on any atom is 0.232 e. The summed E-state index contributed by atoms with van der Waals surface area (Å²) < 4.78 is 5.36. The lowest BCUT2D eigenvalue weighted by Crippen LogP contribution is -2.49. The fraction of sp³-hybridized carbons (Fsp3) is 0.303. The number of nitrogens with one attached hydrogen (secondary N) is 1. The molecule has 2 heterocycles. The second kappa shape index (κ2) is 12.2. The molecule has 0 aliphatic carbocycles. The molecular formula is C33H37N3O2. The van der Waals surface area contributed by atoms with Crippen LogP contribution in [0.3, 0.4) is 0 Å². The molecule has 3 N–H and O–H groups in total. The summed E-state index contributed by atoms with van der Waals surface area (Å²) in [7, 11) is 0. The minimum absolute atomic E-state index is 0.126. The summed E-state index contributed by atoms with van der Waals surface area (Å²) in [6.07, 6.45) is 4.63. The van der Waals surface area contributed by atoms with Crippen LogP contribution < -0.4 is 11.1 Å². The number of hydrogen-bond acceptors (Lipinski definition) is 4. The molecule has 5 rings (SSSR count). The van der Waals surface area contributed by atoms with Crippen molar-refractivity contribution in [2.24, 2.45) is 11.7 Å². The summed E-state index contributed by atoms with van der Waals surface area (Å²) in [6, 6.07) is 33.1. The van der Waals surface area contributed by atoms with Gasteiger partial charge in [-0.3, -0.25) is 4.79 Å². The first-order chi connectivity index (χ1) is 18.7. The number of likely N-dealkylation sites (tertiary alicyclic amines) is 1. The molecule has 1 aliphatic heterocycles. The Bertz CT molecular complexity index is 1230. The molecule has 1 aromatic heterocycles. The number of amides is 1. The quantitative estimate of drug-likeness (QED) is 0.266. The Hall–Kier alpha value is -3.67. The SMILES string of the molecule is NC(=O)C(c1ccccc1)(c1ccccc1)C1CCN(CCc2ccc(CCNCc3ccco3)cc2)C1. The Morgan fingerprint density at radius 3 is 2.08 bits per heavy atom. The summed E-state index contributed by atoms with van der Waals surface area (Å²) in [5, 5.41) is 3.43. The van der Waals surface area contributed by atoms with E-state index in [9.17, 15) is 4.79 Å². The van der Waals surface area contributed by atoms with Crippen molar-refractivity contribution >= 4 is 5.91 Å². The smallest absolute Gasteiger partial charge is 0.232 e. The highest BCUT2D eigenvalue weighted by molar-refractivity contribution is 5.91. The van der Waals surface area contributed by atoms with Crippen LogP contribution in [0.15, 0.2) is 108 Å². The Labute approximate surface area is 225 Å². The molecule has 1 unspecified atom stereocenters. The van der Waals surface area contributed by atoms with Crippen molar-refractivity contribution in [1.82, 2.24) is 10.2 Å². The van der Waals surface area contributed by atoms with Gasteiger partial charge in [0.2, 0.25) is 5.91 Å². The maximum atomic E-state index is 13.3. The number of primary amides is 1. The second-order valence-electron chi connectivity index (χ2n) is 10.3. The summed E-state index contributed by atoms with van der Waals surface area (Å²) in [6.45, 7) is 4.47. The van der Waals surface area contributed by atoms with E-state index in [0.29, 0.717) is 0 Å². The molecule has 3 aromatic carbocycles. The number of nitrogens with two attached hydrogens (primary N) is 1. The first kappa shape index (κ1) is 26.0. The molecule has 38 heavy (non-hydrogen) atoms. The monoisotopic (exact) mass is 507 g/mol. The number of rotatable bonds is 12. The highest BCUT2D eigenvalue weighted by Gasteiger charge is 2.49. The summed E-state index contributed by atoms with van der Waals surface area (Å²) in [4.78, 5) is 15.8. The van der Waals surface area contributed by atoms with Gasteiger partial charge in [-0.2, -0.15) is 0 Å². The predicted molar refractivity (Wildman–Crippen MR) is 152 cm³/mol. The Kier molecular flexibility index (Phi) is 8.37. The molecule has 0 saturated carbocycles. The molecule has 1 fully saturated rings. The summed E-state index contributed by atoms with van der Waals surface area (Å²) >= 11 is 0. The molecule has 5 nitrogen and oxygen atoms in total. The van der Waals surface area contributed by atoms with Crippen LogP contribution in [0, 0.1) is 5.92 Å². The van der Waals surface area contributed by atoms with Gasteiger partial charge in [-0.1, -0.05) is 84.9 Å². The zero-order chi connectivity index (χ0) is 26.2. The molecular weight excluding hydrogens is 470 g/mol. The van der Waals surface area contributed by atoms with E-state index in [2.05, 4.69) is 58.7 Å². The maximum absolute atomic E-state index is 13.3. The fourth-order valence-electron chi connectivity index (χ4n) is 5.93. The number of benzene rings is 3. The van der Waals surface area contributed by atoms with Gasteiger partial charge >= 0.3 is 0 Å². The van der Waals surface area contributed by atoms with Crippen molar-refractivity contribution in [3.8, 4) is 0 Å². The van der Waals surface area contributed by atoms with Crippen LogP contribution in [0.25, 0.3) is 0 Å². The molecule has 0 radical (unpaired) electrons. The molecule has 1 atom stereocenters. The lowest BCUT2D eigenvalue weighted by atomic mass is 9.64. The first-order valence-electron chi connectivity index (χ1n) is 13.6. The number of furan rings is 1. The number of carbonyl (C=O) groups is 1. The van der Waals surface area contributed by atoms with Crippen LogP contribution in [0.5, 0.6) is 0 Å².